The number of carbonyl (C=O) groups is 1. The second-order valence-electron chi connectivity index (χ2n) is 5.89. The maximum absolute atomic E-state index is 10.6. The van der Waals surface area contributed by atoms with Gasteiger partial charge in [-0.1, -0.05) is 0 Å². The van der Waals surface area contributed by atoms with E-state index in [9.17, 15) is 13.2 Å². The van der Waals surface area contributed by atoms with Gasteiger partial charge < -0.3 is 10.4 Å². The van der Waals surface area contributed by atoms with E-state index in [4.69, 9.17) is 9.90 Å². The van der Waals surface area contributed by atoms with Crippen molar-refractivity contribution >= 4 is 5.97 Å². The Morgan fingerprint density at radius 1 is 1.30 bits per heavy atom. The van der Waals surface area contributed by atoms with Crippen LogP contribution in [0.4, 0.5) is 13.2 Å². The number of piperidine rings is 1. The molecule has 0 atom stereocenters. The maximum Gasteiger partial charge on any atom is 0.490 e. The normalized spacial score (nSPS) is 24.1. The van der Waals surface area contributed by atoms with Gasteiger partial charge in [0.1, 0.15) is 0 Å². The Bertz CT molecular complexity index is 326. The van der Waals surface area contributed by atoms with Crippen LogP contribution in [0.15, 0.2) is 0 Å². The first kappa shape index (κ1) is 17.2. The van der Waals surface area contributed by atoms with E-state index < -0.39 is 12.1 Å². The number of carboxylic acid groups (broad SMARTS) is 1. The molecule has 0 aromatic carbocycles. The molecule has 0 aromatic rings. The number of nitrogens with one attached hydrogen (secondary N) is 1. The van der Waals surface area contributed by atoms with Crippen molar-refractivity contribution in [3.05, 3.63) is 0 Å². The van der Waals surface area contributed by atoms with Crippen LogP contribution in [0, 0.1) is 0 Å². The lowest BCUT2D eigenvalue weighted by Crippen LogP contribution is -2.49. The Morgan fingerprint density at radius 2 is 1.80 bits per heavy atom. The molecule has 2 N–H and O–H groups in total. The Labute approximate surface area is 117 Å². The van der Waals surface area contributed by atoms with Gasteiger partial charge in [-0.15, -0.1) is 0 Å². The highest BCUT2D eigenvalue weighted by molar-refractivity contribution is 5.73. The van der Waals surface area contributed by atoms with Gasteiger partial charge in [-0.25, -0.2) is 4.79 Å². The highest BCUT2D eigenvalue weighted by atomic mass is 19.4. The fourth-order valence-corrected chi connectivity index (χ4v) is 2.92. The number of alkyl halides is 3. The molecule has 0 radical (unpaired) electrons. The number of carboxylic acids is 1. The van der Waals surface area contributed by atoms with E-state index in [0.717, 1.165) is 6.04 Å². The van der Waals surface area contributed by atoms with E-state index in [2.05, 4.69) is 24.1 Å². The summed E-state index contributed by atoms with van der Waals surface area (Å²) in [5.41, 5.74) is 0.474. The second kappa shape index (κ2) is 6.76. The van der Waals surface area contributed by atoms with Crippen molar-refractivity contribution in [2.75, 3.05) is 19.6 Å². The quantitative estimate of drug-likeness (QED) is 0.779. The zero-order chi connectivity index (χ0) is 15.4. The van der Waals surface area contributed by atoms with Crippen LogP contribution in [0.2, 0.25) is 0 Å². The average Bonchev–Trinajstić information content (AvgIpc) is 2.69. The van der Waals surface area contributed by atoms with Crippen molar-refractivity contribution in [1.29, 1.82) is 0 Å². The summed E-state index contributed by atoms with van der Waals surface area (Å²) in [5.74, 6) is -2.76. The molecule has 0 spiro atoms. The summed E-state index contributed by atoms with van der Waals surface area (Å²) in [4.78, 5) is 11.6. The smallest absolute Gasteiger partial charge is 0.475 e. The fourth-order valence-electron chi connectivity index (χ4n) is 2.92. The van der Waals surface area contributed by atoms with Crippen molar-refractivity contribution in [1.82, 2.24) is 10.2 Å². The fraction of sp³-hybridized carbons (Fsp3) is 0.923. The Balaban J connectivity index is 0.000000246. The third-order valence-electron chi connectivity index (χ3n) is 3.96. The van der Waals surface area contributed by atoms with Gasteiger partial charge in [0.15, 0.2) is 0 Å². The molecule has 2 aliphatic rings. The highest BCUT2D eigenvalue weighted by Gasteiger charge is 2.38. The number of rotatable bonds is 1. The average molecular weight is 296 g/mol. The minimum atomic E-state index is -5.08. The summed E-state index contributed by atoms with van der Waals surface area (Å²) in [6.07, 6.45) is 0.403. The van der Waals surface area contributed by atoms with Crippen LogP contribution in [-0.2, 0) is 4.79 Å². The molecule has 0 aliphatic carbocycles. The van der Waals surface area contributed by atoms with Crippen LogP contribution >= 0.6 is 0 Å². The molecule has 4 nitrogen and oxygen atoms in total. The highest BCUT2D eigenvalue weighted by Crippen LogP contribution is 2.32. The van der Waals surface area contributed by atoms with E-state index in [-0.39, 0.29) is 0 Å². The van der Waals surface area contributed by atoms with E-state index >= 15 is 0 Å². The summed E-state index contributed by atoms with van der Waals surface area (Å²) in [6.45, 7) is 8.58. The van der Waals surface area contributed by atoms with Crippen molar-refractivity contribution in [2.24, 2.45) is 0 Å². The van der Waals surface area contributed by atoms with Gasteiger partial charge in [0.2, 0.25) is 0 Å². The zero-order valence-electron chi connectivity index (χ0n) is 12.0. The van der Waals surface area contributed by atoms with Gasteiger partial charge in [-0.2, -0.15) is 13.2 Å². The molecule has 2 rings (SSSR count). The molecule has 7 heteroatoms. The van der Waals surface area contributed by atoms with Gasteiger partial charge in [0.25, 0.3) is 0 Å². The van der Waals surface area contributed by atoms with Gasteiger partial charge in [-0.3, -0.25) is 4.90 Å². The van der Waals surface area contributed by atoms with Crippen LogP contribution in [-0.4, -0.2) is 53.4 Å². The molecule has 2 saturated heterocycles. The van der Waals surface area contributed by atoms with Crippen molar-refractivity contribution < 1.29 is 23.1 Å². The Morgan fingerprint density at radius 3 is 2.15 bits per heavy atom. The number of aliphatic carboxylic acids is 1. The first-order chi connectivity index (χ1) is 9.14. The lowest BCUT2D eigenvalue weighted by molar-refractivity contribution is -0.192. The number of hydrogen-bond acceptors (Lipinski definition) is 3. The zero-order valence-corrected chi connectivity index (χ0v) is 12.0. The second-order valence-corrected chi connectivity index (χ2v) is 5.89. The van der Waals surface area contributed by atoms with Crippen LogP contribution in [0.1, 0.15) is 39.5 Å². The summed E-state index contributed by atoms with van der Waals surface area (Å²) >= 11 is 0. The lowest BCUT2D eigenvalue weighted by atomic mass is 9.97. The molecule has 118 valence electrons. The number of nitrogens with zero attached hydrogens (tertiary/aromatic N) is 1. The van der Waals surface area contributed by atoms with Crippen LogP contribution in [0.5, 0.6) is 0 Å². The summed E-state index contributed by atoms with van der Waals surface area (Å²) in [6, 6.07) is 0.860. The topological polar surface area (TPSA) is 52.6 Å². The molecule has 0 amide bonds. The Hall–Kier alpha value is -0.820. The van der Waals surface area contributed by atoms with Crippen molar-refractivity contribution in [2.45, 2.75) is 57.3 Å². The monoisotopic (exact) mass is 296 g/mol. The molecular formula is C13H23F3N2O2. The standard InChI is InChI=1S/C11H22N2.C2HF3O2/c1-11(2)6-3-9-13(11)10-4-7-12-8-5-10;3-2(4,5)1(6)7/h10,12H,3-9H2,1-2H3;(H,6,7). The SMILES string of the molecule is CC1(C)CCCN1C1CCNCC1.O=C(O)C(F)(F)F. The first-order valence-corrected chi connectivity index (χ1v) is 6.92. The molecule has 0 unspecified atom stereocenters. The van der Waals surface area contributed by atoms with Gasteiger partial charge in [0, 0.05) is 11.6 Å². The predicted molar refractivity (Wildman–Crippen MR) is 69.6 cm³/mol. The van der Waals surface area contributed by atoms with E-state index in [1.165, 1.54) is 45.3 Å². The van der Waals surface area contributed by atoms with Gasteiger partial charge in [0.05, 0.1) is 0 Å². The molecule has 20 heavy (non-hydrogen) atoms. The number of hydrogen-bond donors (Lipinski definition) is 2. The molecular weight excluding hydrogens is 273 g/mol. The predicted octanol–water partition coefficient (Wildman–Crippen LogP) is 2.25. The van der Waals surface area contributed by atoms with Crippen molar-refractivity contribution in [3.8, 4) is 0 Å². The van der Waals surface area contributed by atoms with Gasteiger partial charge >= 0.3 is 12.1 Å². The molecule has 0 aromatic heterocycles. The molecule has 2 aliphatic heterocycles. The van der Waals surface area contributed by atoms with E-state index in [1.54, 1.807) is 0 Å². The lowest BCUT2D eigenvalue weighted by Gasteiger charge is -2.40. The number of likely N-dealkylation sites (tertiary alicyclic amines) is 1. The maximum atomic E-state index is 10.6. The minimum absolute atomic E-state index is 0.474. The van der Waals surface area contributed by atoms with Crippen molar-refractivity contribution in [3.63, 3.8) is 0 Å². The van der Waals surface area contributed by atoms with Crippen LogP contribution < -0.4 is 5.32 Å². The minimum Gasteiger partial charge on any atom is -0.475 e. The summed E-state index contributed by atoms with van der Waals surface area (Å²) in [5, 5.41) is 10.6. The largest absolute Gasteiger partial charge is 0.490 e. The molecule has 2 heterocycles. The van der Waals surface area contributed by atoms with Crippen LogP contribution in [0.3, 0.4) is 0 Å². The molecule has 0 saturated carbocycles. The third kappa shape index (κ3) is 4.94. The van der Waals surface area contributed by atoms with E-state index in [1.807, 2.05) is 0 Å². The molecule has 2 fully saturated rings. The van der Waals surface area contributed by atoms with E-state index in [0.29, 0.717) is 5.54 Å². The number of halogens is 3. The summed E-state index contributed by atoms with van der Waals surface area (Å²) in [7, 11) is 0. The summed E-state index contributed by atoms with van der Waals surface area (Å²) < 4.78 is 31.7. The van der Waals surface area contributed by atoms with Crippen LogP contribution in [0.25, 0.3) is 0 Å². The Kier molecular flexibility index (Phi) is 5.82. The third-order valence-corrected chi connectivity index (χ3v) is 3.96. The first-order valence-electron chi connectivity index (χ1n) is 6.92. The van der Waals surface area contributed by atoms with Gasteiger partial charge in [-0.05, 0) is 59.2 Å². The molecule has 0 bridgehead atoms.